The van der Waals surface area contributed by atoms with Crippen LogP contribution >= 0.6 is 0 Å². The molecule has 0 aromatic carbocycles. The number of ether oxygens (including phenoxy) is 2. The third-order valence-corrected chi connectivity index (χ3v) is 10.9. The number of esters is 2. The lowest BCUT2D eigenvalue weighted by atomic mass is 9.91. The van der Waals surface area contributed by atoms with E-state index in [1.165, 1.54) is 135 Å². The van der Waals surface area contributed by atoms with Gasteiger partial charge in [0.05, 0.1) is 19.6 Å². The van der Waals surface area contributed by atoms with Gasteiger partial charge in [0.15, 0.2) is 0 Å². The van der Waals surface area contributed by atoms with E-state index in [2.05, 4.69) is 25.7 Å². The fourth-order valence-electron chi connectivity index (χ4n) is 7.28. The summed E-state index contributed by atoms with van der Waals surface area (Å²) in [6.45, 7) is 11.4. The number of aliphatic hydroxyl groups is 1. The van der Waals surface area contributed by atoms with Crippen LogP contribution in [0, 0.1) is 11.3 Å². The van der Waals surface area contributed by atoms with E-state index >= 15 is 0 Å². The van der Waals surface area contributed by atoms with Gasteiger partial charge in [0.25, 0.3) is 0 Å². The largest absolute Gasteiger partial charge is 0.466 e. The maximum absolute atomic E-state index is 12.6. The minimum atomic E-state index is -0.0207. The van der Waals surface area contributed by atoms with Crippen molar-refractivity contribution in [1.29, 1.82) is 0 Å². The molecular weight excluding hydrogens is 610 g/mol. The minimum Gasteiger partial charge on any atom is -0.466 e. The van der Waals surface area contributed by atoms with Gasteiger partial charge in [0.1, 0.15) is 0 Å². The van der Waals surface area contributed by atoms with E-state index in [-0.39, 0.29) is 24.0 Å². The Hall–Kier alpha value is -1.14. The number of nitrogens with zero attached hydrogens (tertiary/aromatic N) is 1. The first-order valence-corrected chi connectivity index (χ1v) is 21.6. The van der Waals surface area contributed by atoms with Crippen LogP contribution in [-0.2, 0) is 19.1 Å². The summed E-state index contributed by atoms with van der Waals surface area (Å²) in [4.78, 5) is 27.1. The number of carbonyl (C=O) groups excluding carboxylic acids is 2. The van der Waals surface area contributed by atoms with Crippen LogP contribution in [0.1, 0.15) is 213 Å². The van der Waals surface area contributed by atoms with Gasteiger partial charge in [-0.25, -0.2) is 0 Å². The number of aliphatic hydroxyl groups excluding tert-OH is 1. The zero-order valence-corrected chi connectivity index (χ0v) is 33.1. The molecule has 1 N–H and O–H groups in total. The van der Waals surface area contributed by atoms with E-state index in [1.807, 2.05) is 0 Å². The first kappa shape index (κ1) is 45.9. The number of hydrogen-bond acceptors (Lipinski definition) is 6. The second kappa shape index (κ2) is 32.7. The molecule has 0 unspecified atom stereocenters. The predicted octanol–water partition coefficient (Wildman–Crippen LogP) is 11.7. The molecule has 1 saturated carbocycles. The fraction of sp³-hybridized carbons (Fsp3) is 0.953. The molecular formula is C43H83NO5. The third kappa shape index (κ3) is 28.2. The Bertz CT molecular complexity index is 747. The lowest BCUT2D eigenvalue weighted by Crippen LogP contribution is -2.28. The molecule has 0 aromatic heterocycles. The molecule has 0 heterocycles. The molecule has 0 aliphatic heterocycles. The maximum Gasteiger partial charge on any atom is 0.306 e. The summed E-state index contributed by atoms with van der Waals surface area (Å²) < 4.78 is 11.1. The zero-order valence-electron chi connectivity index (χ0n) is 33.1. The highest BCUT2D eigenvalue weighted by molar-refractivity contribution is 5.70. The third-order valence-electron chi connectivity index (χ3n) is 10.9. The summed E-state index contributed by atoms with van der Waals surface area (Å²) in [5, 5.41) is 9.38. The summed E-state index contributed by atoms with van der Waals surface area (Å²) in [6.07, 6.45) is 34.9. The van der Waals surface area contributed by atoms with Crippen LogP contribution in [0.25, 0.3) is 0 Å². The lowest BCUT2D eigenvalue weighted by molar-refractivity contribution is -0.145. The van der Waals surface area contributed by atoms with Crippen molar-refractivity contribution < 1.29 is 24.2 Å². The molecule has 1 fully saturated rings. The average Bonchev–Trinajstić information content (AvgIpc) is 3.86. The van der Waals surface area contributed by atoms with Crippen molar-refractivity contribution in [2.75, 3.05) is 39.5 Å². The Morgan fingerprint density at radius 1 is 0.571 bits per heavy atom. The molecule has 0 aromatic rings. The van der Waals surface area contributed by atoms with E-state index in [1.54, 1.807) is 0 Å². The number of unbranched alkanes of at least 4 members (excludes halogenated alkanes) is 15. The van der Waals surface area contributed by atoms with Crippen molar-refractivity contribution in [2.45, 2.75) is 213 Å². The summed E-state index contributed by atoms with van der Waals surface area (Å²) in [7, 11) is 0. The van der Waals surface area contributed by atoms with Gasteiger partial charge in [-0.15, -0.1) is 0 Å². The molecule has 6 heteroatoms. The Labute approximate surface area is 304 Å². The summed E-state index contributed by atoms with van der Waals surface area (Å²) in [5.74, 6) is 0.866. The van der Waals surface area contributed by atoms with E-state index in [4.69, 9.17) is 9.47 Å². The highest BCUT2D eigenvalue weighted by atomic mass is 16.5. The molecule has 1 aliphatic carbocycles. The van der Waals surface area contributed by atoms with Crippen LogP contribution < -0.4 is 0 Å². The van der Waals surface area contributed by atoms with Gasteiger partial charge in [0.2, 0.25) is 0 Å². The van der Waals surface area contributed by atoms with Gasteiger partial charge in [-0.1, -0.05) is 136 Å². The van der Waals surface area contributed by atoms with Crippen molar-refractivity contribution in [1.82, 2.24) is 4.90 Å². The predicted molar refractivity (Wildman–Crippen MR) is 207 cm³/mol. The van der Waals surface area contributed by atoms with Crippen molar-refractivity contribution in [3.8, 4) is 0 Å². The molecule has 0 radical (unpaired) electrons. The van der Waals surface area contributed by atoms with Gasteiger partial charge >= 0.3 is 11.9 Å². The van der Waals surface area contributed by atoms with Gasteiger partial charge in [-0.2, -0.15) is 0 Å². The molecule has 290 valence electrons. The van der Waals surface area contributed by atoms with E-state index in [9.17, 15) is 14.7 Å². The van der Waals surface area contributed by atoms with Crippen molar-refractivity contribution in [3.05, 3.63) is 0 Å². The smallest absolute Gasteiger partial charge is 0.306 e. The zero-order chi connectivity index (χ0) is 35.7. The second-order valence-electron chi connectivity index (χ2n) is 15.6. The van der Waals surface area contributed by atoms with Crippen molar-refractivity contribution in [3.63, 3.8) is 0 Å². The highest BCUT2D eigenvalue weighted by Gasteiger charge is 2.43. The average molecular weight is 694 g/mol. The molecule has 1 rings (SSSR count). The molecule has 0 amide bonds. The molecule has 0 saturated heterocycles. The maximum atomic E-state index is 12.6. The molecule has 0 spiro atoms. The van der Waals surface area contributed by atoms with Crippen LogP contribution in [0.2, 0.25) is 0 Å². The van der Waals surface area contributed by atoms with Gasteiger partial charge in [-0.3, -0.25) is 9.59 Å². The molecule has 0 bridgehead atoms. The minimum absolute atomic E-state index is 0.0207. The van der Waals surface area contributed by atoms with Crippen LogP contribution in [-0.4, -0.2) is 61.4 Å². The highest BCUT2D eigenvalue weighted by Crippen LogP contribution is 2.53. The normalized spacial score (nSPS) is 13.8. The summed E-state index contributed by atoms with van der Waals surface area (Å²) in [6, 6.07) is 0. The van der Waals surface area contributed by atoms with Gasteiger partial charge in [-0.05, 0) is 88.6 Å². The SMILES string of the molecule is CCCCCCCCCC(=O)OCCCCCCCN(CCCO)CCCCCC1(CC(=O)OCCCCC(CCCC)CCCC)CC1. The van der Waals surface area contributed by atoms with Crippen LogP contribution in [0.5, 0.6) is 0 Å². The molecule has 0 atom stereocenters. The Morgan fingerprint density at radius 3 is 1.67 bits per heavy atom. The Balaban J connectivity index is 2.07. The Morgan fingerprint density at radius 2 is 1.06 bits per heavy atom. The number of rotatable bonds is 38. The lowest BCUT2D eigenvalue weighted by Gasteiger charge is -2.22. The Kier molecular flexibility index (Phi) is 30.7. The summed E-state index contributed by atoms with van der Waals surface area (Å²) in [5.41, 5.74) is 0.227. The first-order valence-electron chi connectivity index (χ1n) is 21.6. The van der Waals surface area contributed by atoms with E-state index in [0.717, 1.165) is 70.5 Å². The van der Waals surface area contributed by atoms with E-state index in [0.29, 0.717) is 26.1 Å². The number of carbonyl (C=O) groups is 2. The first-order chi connectivity index (χ1) is 24.0. The van der Waals surface area contributed by atoms with Gasteiger partial charge in [0, 0.05) is 19.6 Å². The van der Waals surface area contributed by atoms with Crippen molar-refractivity contribution >= 4 is 11.9 Å². The second-order valence-corrected chi connectivity index (χ2v) is 15.6. The van der Waals surface area contributed by atoms with E-state index < -0.39 is 0 Å². The standard InChI is InChI=1S/C43H83NO5/c1-4-7-10-11-12-14-18-29-41(46)48-37-23-16-13-15-21-33-44(35-25-36-45)34-22-17-20-30-43(31-32-43)39-42(47)49-38-24-19-28-40(26-8-5-2)27-9-6-3/h40,45H,4-39H2,1-3H3. The fourth-order valence-corrected chi connectivity index (χ4v) is 7.28. The molecule has 6 nitrogen and oxygen atoms in total. The molecule has 1 aliphatic rings. The van der Waals surface area contributed by atoms with Crippen LogP contribution in [0.3, 0.4) is 0 Å². The monoisotopic (exact) mass is 694 g/mol. The molecule has 49 heavy (non-hydrogen) atoms. The van der Waals surface area contributed by atoms with Crippen LogP contribution in [0.4, 0.5) is 0 Å². The topological polar surface area (TPSA) is 76.1 Å². The summed E-state index contributed by atoms with van der Waals surface area (Å²) >= 11 is 0. The van der Waals surface area contributed by atoms with Crippen LogP contribution in [0.15, 0.2) is 0 Å². The number of hydrogen-bond donors (Lipinski definition) is 1. The van der Waals surface area contributed by atoms with Crippen molar-refractivity contribution in [2.24, 2.45) is 11.3 Å². The van der Waals surface area contributed by atoms with Gasteiger partial charge < -0.3 is 19.5 Å². The quantitative estimate of drug-likeness (QED) is 0.0512.